The molecule has 5 heteroatoms. The Morgan fingerprint density at radius 3 is 2.58 bits per heavy atom. The van der Waals surface area contributed by atoms with Crippen molar-refractivity contribution >= 4 is 6.09 Å². The molecule has 0 unspecified atom stereocenters. The van der Waals surface area contributed by atoms with Gasteiger partial charge in [0, 0.05) is 13.0 Å². The van der Waals surface area contributed by atoms with E-state index in [1.54, 1.807) is 0 Å². The van der Waals surface area contributed by atoms with Crippen molar-refractivity contribution in [1.29, 1.82) is 0 Å². The number of amides is 1. The van der Waals surface area contributed by atoms with Crippen molar-refractivity contribution in [3.63, 3.8) is 0 Å². The molecule has 2 aliphatic heterocycles. The van der Waals surface area contributed by atoms with Crippen LogP contribution >= 0.6 is 0 Å². The van der Waals surface area contributed by atoms with Gasteiger partial charge in [-0.25, -0.2) is 4.79 Å². The fraction of sp³-hybridized carbons (Fsp3) is 0.857. The Labute approximate surface area is 69.9 Å². The van der Waals surface area contributed by atoms with E-state index in [9.17, 15) is 4.79 Å². The summed E-state index contributed by atoms with van der Waals surface area (Å²) in [5, 5.41) is 8.67. The van der Waals surface area contributed by atoms with Crippen LogP contribution in [0.3, 0.4) is 0 Å². The highest BCUT2D eigenvalue weighted by Gasteiger charge is 2.44. The van der Waals surface area contributed by atoms with Crippen LogP contribution < -0.4 is 0 Å². The highest BCUT2D eigenvalue weighted by Crippen LogP contribution is 2.30. The molecule has 12 heavy (non-hydrogen) atoms. The maximum Gasteiger partial charge on any atom is 0.407 e. The zero-order valence-electron chi connectivity index (χ0n) is 6.65. The van der Waals surface area contributed by atoms with Crippen molar-refractivity contribution < 1.29 is 19.4 Å². The zero-order valence-corrected chi connectivity index (χ0v) is 6.65. The molecule has 0 atom stereocenters. The Morgan fingerprint density at radius 1 is 1.42 bits per heavy atom. The van der Waals surface area contributed by atoms with Gasteiger partial charge in [0.25, 0.3) is 0 Å². The second-order valence-corrected chi connectivity index (χ2v) is 3.06. The number of ether oxygens (including phenoxy) is 2. The zero-order chi connectivity index (χ0) is 8.60. The van der Waals surface area contributed by atoms with Crippen molar-refractivity contribution in [3.8, 4) is 0 Å². The molecule has 68 valence electrons. The van der Waals surface area contributed by atoms with Crippen molar-refractivity contribution in [2.24, 2.45) is 0 Å². The van der Waals surface area contributed by atoms with Gasteiger partial charge in [0.05, 0.1) is 19.8 Å². The SMILES string of the molecule is O=C(O)N1CCC2(C1)OCCO2. The average molecular weight is 173 g/mol. The summed E-state index contributed by atoms with van der Waals surface area (Å²) < 4.78 is 10.7. The Balaban J connectivity index is 2.01. The van der Waals surface area contributed by atoms with E-state index in [-0.39, 0.29) is 0 Å². The molecule has 2 heterocycles. The molecule has 1 N–H and O–H groups in total. The fourth-order valence-electron chi connectivity index (χ4n) is 1.65. The van der Waals surface area contributed by atoms with Gasteiger partial charge in [0.2, 0.25) is 0 Å². The topological polar surface area (TPSA) is 59.0 Å². The predicted octanol–water partition coefficient (Wildman–Crippen LogP) is 0.113. The molecule has 0 aromatic carbocycles. The standard InChI is InChI=1S/C7H11NO4/c9-6(10)8-2-1-7(5-8)11-3-4-12-7/h1-5H2,(H,9,10). The smallest absolute Gasteiger partial charge is 0.407 e. The van der Waals surface area contributed by atoms with Crippen LogP contribution in [0.2, 0.25) is 0 Å². The number of likely N-dealkylation sites (tertiary alicyclic amines) is 1. The van der Waals surface area contributed by atoms with E-state index < -0.39 is 11.9 Å². The average Bonchev–Trinajstić information content (AvgIpc) is 2.62. The van der Waals surface area contributed by atoms with Gasteiger partial charge in [0.1, 0.15) is 0 Å². The van der Waals surface area contributed by atoms with Gasteiger partial charge in [-0.3, -0.25) is 0 Å². The van der Waals surface area contributed by atoms with E-state index in [0.717, 1.165) is 0 Å². The van der Waals surface area contributed by atoms with Crippen LogP contribution in [-0.2, 0) is 9.47 Å². The summed E-state index contributed by atoms with van der Waals surface area (Å²) in [5.41, 5.74) is 0. The minimum atomic E-state index is -0.897. The molecule has 0 aliphatic carbocycles. The minimum absolute atomic E-state index is 0.350. The summed E-state index contributed by atoms with van der Waals surface area (Å²) in [6.45, 7) is 2.01. The molecule has 1 amide bonds. The van der Waals surface area contributed by atoms with Gasteiger partial charge >= 0.3 is 6.09 Å². The second-order valence-electron chi connectivity index (χ2n) is 3.06. The molecule has 1 spiro atoms. The molecule has 2 saturated heterocycles. The normalized spacial score (nSPS) is 26.8. The third kappa shape index (κ3) is 1.15. The summed E-state index contributed by atoms with van der Waals surface area (Å²) in [5.74, 6) is -0.613. The number of hydrogen-bond donors (Lipinski definition) is 1. The first-order valence-electron chi connectivity index (χ1n) is 3.98. The van der Waals surface area contributed by atoms with E-state index in [2.05, 4.69) is 0 Å². The van der Waals surface area contributed by atoms with Gasteiger partial charge in [0.15, 0.2) is 5.79 Å². The molecule has 2 rings (SSSR count). The summed E-state index contributed by atoms with van der Waals surface area (Å²) in [7, 11) is 0. The lowest BCUT2D eigenvalue weighted by molar-refractivity contribution is -0.144. The first kappa shape index (κ1) is 7.82. The lowest BCUT2D eigenvalue weighted by Gasteiger charge is -2.20. The van der Waals surface area contributed by atoms with Gasteiger partial charge in [-0.2, -0.15) is 0 Å². The Bertz CT molecular complexity index is 200. The Kier molecular flexibility index (Phi) is 1.69. The summed E-state index contributed by atoms with van der Waals surface area (Å²) >= 11 is 0. The van der Waals surface area contributed by atoms with Crippen molar-refractivity contribution in [2.45, 2.75) is 12.2 Å². The largest absolute Gasteiger partial charge is 0.465 e. The molecule has 0 aromatic heterocycles. The quantitative estimate of drug-likeness (QED) is 0.565. The van der Waals surface area contributed by atoms with Crippen molar-refractivity contribution in [2.75, 3.05) is 26.3 Å². The van der Waals surface area contributed by atoms with Gasteiger partial charge in [-0.15, -0.1) is 0 Å². The van der Waals surface area contributed by atoms with E-state index in [0.29, 0.717) is 32.7 Å². The first-order chi connectivity index (χ1) is 5.72. The minimum Gasteiger partial charge on any atom is -0.465 e. The van der Waals surface area contributed by atoms with Crippen LogP contribution in [0, 0.1) is 0 Å². The highest BCUT2D eigenvalue weighted by molar-refractivity contribution is 5.65. The summed E-state index contributed by atoms with van der Waals surface area (Å²) in [6.07, 6.45) is -0.245. The lowest BCUT2D eigenvalue weighted by atomic mass is 10.2. The molecular formula is C7H11NO4. The number of carbonyl (C=O) groups is 1. The first-order valence-corrected chi connectivity index (χ1v) is 3.98. The highest BCUT2D eigenvalue weighted by atomic mass is 16.7. The third-order valence-electron chi connectivity index (χ3n) is 2.28. The van der Waals surface area contributed by atoms with E-state index in [1.807, 2.05) is 0 Å². The van der Waals surface area contributed by atoms with E-state index in [1.165, 1.54) is 4.90 Å². The molecule has 0 aromatic rings. The summed E-state index contributed by atoms with van der Waals surface area (Å²) in [4.78, 5) is 11.9. The number of carboxylic acid groups (broad SMARTS) is 1. The van der Waals surface area contributed by atoms with E-state index >= 15 is 0 Å². The van der Waals surface area contributed by atoms with Crippen LogP contribution in [0.5, 0.6) is 0 Å². The monoisotopic (exact) mass is 173 g/mol. The van der Waals surface area contributed by atoms with Crippen LogP contribution in [0.15, 0.2) is 0 Å². The molecule has 2 aliphatic rings. The molecule has 0 saturated carbocycles. The lowest BCUT2D eigenvalue weighted by Crippen LogP contribution is -2.36. The fourth-order valence-corrected chi connectivity index (χ4v) is 1.65. The molecule has 2 fully saturated rings. The second kappa shape index (κ2) is 2.60. The molecule has 0 radical (unpaired) electrons. The summed E-state index contributed by atoms with van der Waals surface area (Å²) in [6, 6.07) is 0. The van der Waals surface area contributed by atoms with Crippen LogP contribution in [0.1, 0.15) is 6.42 Å². The predicted molar refractivity (Wildman–Crippen MR) is 38.8 cm³/mol. The Morgan fingerprint density at radius 2 is 2.08 bits per heavy atom. The number of nitrogens with zero attached hydrogens (tertiary/aromatic N) is 1. The van der Waals surface area contributed by atoms with Crippen LogP contribution in [0.25, 0.3) is 0 Å². The molecule has 5 nitrogen and oxygen atoms in total. The third-order valence-corrected chi connectivity index (χ3v) is 2.28. The van der Waals surface area contributed by atoms with Crippen LogP contribution in [-0.4, -0.2) is 48.2 Å². The van der Waals surface area contributed by atoms with Gasteiger partial charge in [-0.05, 0) is 0 Å². The Hall–Kier alpha value is -0.810. The number of hydrogen-bond acceptors (Lipinski definition) is 3. The maximum absolute atomic E-state index is 10.6. The molecule has 0 bridgehead atoms. The van der Waals surface area contributed by atoms with Crippen molar-refractivity contribution in [1.82, 2.24) is 4.90 Å². The molecular weight excluding hydrogens is 162 g/mol. The maximum atomic E-state index is 10.6. The van der Waals surface area contributed by atoms with Gasteiger partial charge < -0.3 is 19.5 Å². The van der Waals surface area contributed by atoms with Gasteiger partial charge in [-0.1, -0.05) is 0 Å². The van der Waals surface area contributed by atoms with Crippen LogP contribution in [0.4, 0.5) is 4.79 Å². The number of rotatable bonds is 0. The van der Waals surface area contributed by atoms with E-state index in [4.69, 9.17) is 14.6 Å². The van der Waals surface area contributed by atoms with Crippen molar-refractivity contribution in [3.05, 3.63) is 0 Å².